The molecule has 0 aromatic heterocycles. The molecule has 1 N–H and O–H groups in total. The first-order chi connectivity index (χ1) is 6.06. The van der Waals surface area contributed by atoms with E-state index >= 15 is 0 Å². The molecular formula is C9H7NO2S. The number of nitriles is 1. The molecule has 0 saturated heterocycles. The molecule has 0 fully saturated rings. The highest BCUT2D eigenvalue weighted by Gasteiger charge is 2.11. The summed E-state index contributed by atoms with van der Waals surface area (Å²) in [5.74, 6) is -1.06. The Morgan fingerprint density at radius 3 is 2.69 bits per heavy atom. The Labute approximate surface area is 81.0 Å². The molecule has 4 heteroatoms. The minimum Gasteiger partial charge on any atom is -0.478 e. The standard InChI is InChI=1S/C9H7NO2S/c1-5-2-6(4-10)8(13)7(3-5)9(11)12/h2-3,13H,1H3,(H,11,12). The predicted octanol–water partition coefficient (Wildman–Crippen LogP) is 1.85. The second kappa shape index (κ2) is 3.50. The summed E-state index contributed by atoms with van der Waals surface area (Å²) in [6, 6.07) is 4.99. The lowest BCUT2D eigenvalue weighted by molar-refractivity contribution is 0.0693. The van der Waals surface area contributed by atoms with Crippen molar-refractivity contribution >= 4 is 18.6 Å². The van der Waals surface area contributed by atoms with Crippen molar-refractivity contribution < 1.29 is 9.90 Å². The highest BCUT2D eigenvalue weighted by atomic mass is 32.1. The van der Waals surface area contributed by atoms with Gasteiger partial charge in [0.1, 0.15) is 6.07 Å². The minimum absolute atomic E-state index is 0.0693. The first-order valence-corrected chi connectivity index (χ1v) is 3.98. The molecule has 66 valence electrons. The number of carbonyl (C=O) groups is 1. The Morgan fingerprint density at radius 1 is 1.62 bits per heavy atom. The SMILES string of the molecule is Cc1cc(C#N)c(S)c(C(=O)O)c1. The number of thiol groups is 1. The number of aromatic carboxylic acids is 1. The molecule has 0 saturated carbocycles. The summed E-state index contributed by atoms with van der Waals surface area (Å²) in [5, 5.41) is 17.4. The van der Waals surface area contributed by atoms with E-state index in [1.165, 1.54) is 6.07 Å². The number of carboxylic acid groups (broad SMARTS) is 1. The van der Waals surface area contributed by atoms with E-state index < -0.39 is 5.97 Å². The van der Waals surface area contributed by atoms with Crippen molar-refractivity contribution in [2.45, 2.75) is 11.8 Å². The van der Waals surface area contributed by atoms with Gasteiger partial charge in [0.15, 0.2) is 0 Å². The number of rotatable bonds is 1. The maximum atomic E-state index is 10.7. The first-order valence-electron chi connectivity index (χ1n) is 3.53. The van der Waals surface area contributed by atoms with E-state index in [4.69, 9.17) is 10.4 Å². The second-order valence-corrected chi connectivity index (χ2v) is 3.07. The van der Waals surface area contributed by atoms with Gasteiger partial charge < -0.3 is 5.11 Å². The average molecular weight is 193 g/mol. The van der Waals surface area contributed by atoms with Gasteiger partial charge in [-0.25, -0.2) is 4.79 Å². The van der Waals surface area contributed by atoms with Gasteiger partial charge in [0.05, 0.1) is 11.1 Å². The second-order valence-electron chi connectivity index (χ2n) is 2.63. The number of nitrogens with zero attached hydrogens (tertiary/aromatic N) is 1. The van der Waals surface area contributed by atoms with E-state index in [0.29, 0.717) is 5.56 Å². The molecule has 0 heterocycles. The molecule has 0 amide bonds. The summed E-state index contributed by atoms with van der Waals surface area (Å²) in [6.07, 6.45) is 0. The van der Waals surface area contributed by atoms with Gasteiger partial charge in [0.25, 0.3) is 0 Å². The van der Waals surface area contributed by atoms with Crippen LogP contribution in [-0.2, 0) is 0 Å². The molecule has 3 nitrogen and oxygen atoms in total. The maximum Gasteiger partial charge on any atom is 0.336 e. The number of hydrogen-bond acceptors (Lipinski definition) is 3. The third kappa shape index (κ3) is 1.82. The number of aryl methyl sites for hydroxylation is 1. The van der Waals surface area contributed by atoms with Gasteiger partial charge in [-0.2, -0.15) is 5.26 Å². The number of hydrogen-bond donors (Lipinski definition) is 2. The Balaban J connectivity index is 3.47. The monoisotopic (exact) mass is 193 g/mol. The summed E-state index contributed by atoms with van der Waals surface area (Å²) < 4.78 is 0. The lowest BCUT2D eigenvalue weighted by atomic mass is 10.1. The zero-order chi connectivity index (χ0) is 10.0. The number of carboxylic acids is 1. The smallest absolute Gasteiger partial charge is 0.336 e. The molecule has 0 spiro atoms. The molecule has 0 bridgehead atoms. The summed E-state index contributed by atoms with van der Waals surface area (Å²) in [6.45, 7) is 1.74. The lowest BCUT2D eigenvalue weighted by Crippen LogP contribution is -2.00. The molecule has 0 aliphatic carbocycles. The van der Waals surface area contributed by atoms with Gasteiger partial charge in [0.2, 0.25) is 0 Å². The van der Waals surface area contributed by atoms with Crippen molar-refractivity contribution in [1.82, 2.24) is 0 Å². The molecule has 0 aliphatic rings. The van der Waals surface area contributed by atoms with E-state index in [1.54, 1.807) is 13.0 Å². The summed E-state index contributed by atoms with van der Waals surface area (Å²) >= 11 is 3.97. The Bertz CT molecular complexity index is 407. The van der Waals surface area contributed by atoms with Crippen LogP contribution >= 0.6 is 12.6 Å². The molecule has 1 aromatic rings. The third-order valence-electron chi connectivity index (χ3n) is 1.61. The molecule has 13 heavy (non-hydrogen) atoms. The zero-order valence-electron chi connectivity index (χ0n) is 6.90. The molecule has 0 aliphatic heterocycles. The van der Waals surface area contributed by atoms with Gasteiger partial charge in [-0.1, -0.05) is 0 Å². The van der Waals surface area contributed by atoms with Crippen LogP contribution < -0.4 is 0 Å². The molecule has 0 atom stereocenters. The highest BCUT2D eigenvalue weighted by Crippen LogP contribution is 2.20. The van der Waals surface area contributed by atoms with Gasteiger partial charge in [-0.15, -0.1) is 12.6 Å². The van der Waals surface area contributed by atoms with Gasteiger partial charge in [-0.05, 0) is 24.6 Å². The topological polar surface area (TPSA) is 61.1 Å². The minimum atomic E-state index is -1.06. The van der Waals surface area contributed by atoms with Crippen molar-refractivity contribution in [3.05, 3.63) is 28.8 Å². The molecule has 0 unspecified atom stereocenters. The summed E-state index contributed by atoms with van der Waals surface area (Å²) in [4.78, 5) is 10.9. The summed E-state index contributed by atoms with van der Waals surface area (Å²) in [5.41, 5.74) is 1.10. The third-order valence-corrected chi connectivity index (χ3v) is 2.09. The van der Waals surface area contributed by atoms with Gasteiger partial charge >= 0.3 is 5.97 Å². The average Bonchev–Trinajstić information content (AvgIpc) is 2.08. The Kier molecular flexibility index (Phi) is 2.59. The van der Waals surface area contributed by atoms with Crippen molar-refractivity contribution in [1.29, 1.82) is 5.26 Å². The lowest BCUT2D eigenvalue weighted by Gasteiger charge is -2.03. The molecular weight excluding hydrogens is 186 g/mol. The van der Waals surface area contributed by atoms with Crippen molar-refractivity contribution in [3.8, 4) is 6.07 Å². The molecule has 0 radical (unpaired) electrons. The first kappa shape index (κ1) is 9.62. The predicted molar refractivity (Wildman–Crippen MR) is 50.1 cm³/mol. The van der Waals surface area contributed by atoms with E-state index in [-0.39, 0.29) is 10.5 Å². The fourth-order valence-electron chi connectivity index (χ4n) is 1.03. The van der Waals surface area contributed by atoms with Crippen LogP contribution in [0.3, 0.4) is 0 Å². The van der Waals surface area contributed by atoms with Crippen LogP contribution in [0.15, 0.2) is 17.0 Å². The fraction of sp³-hybridized carbons (Fsp3) is 0.111. The Hall–Kier alpha value is -1.47. The van der Waals surface area contributed by atoms with Crippen LogP contribution in [0.4, 0.5) is 0 Å². The molecule has 1 rings (SSSR count). The quantitative estimate of drug-likeness (QED) is 0.669. The van der Waals surface area contributed by atoms with Crippen LogP contribution in [0.25, 0.3) is 0 Å². The summed E-state index contributed by atoms with van der Waals surface area (Å²) in [7, 11) is 0. The Morgan fingerprint density at radius 2 is 2.23 bits per heavy atom. The zero-order valence-corrected chi connectivity index (χ0v) is 7.80. The maximum absolute atomic E-state index is 10.7. The van der Waals surface area contributed by atoms with Gasteiger partial charge in [-0.3, -0.25) is 0 Å². The van der Waals surface area contributed by atoms with E-state index in [9.17, 15) is 4.79 Å². The van der Waals surface area contributed by atoms with E-state index in [0.717, 1.165) is 5.56 Å². The van der Waals surface area contributed by atoms with Crippen LogP contribution in [0, 0.1) is 18.3 Å². The van der Waals surface area contributed by atoms with Crippen molar-refractivity contribution in [2.24, 2.45) is 0 Å². The normalized spacial score (nSPS) is 9.31. The van der Waals surface area contributed by atoms with E-state index in [2.05, 4.69) is 12.6 Å². The van der Waals surface area contributed by atoms with Crippen LogP contribution in [0.1, 0.15) is 21.5 Å². The molecule has 1 aromatic carbocycles. The van der Waals surface area contributed by atoms with Gasteiger partial charge in [0, 0.05) is 4.90 Å². The van der Waals surface area contributed by atoms with Crippen LogP contribution in [-0.4, -0.2) is 11.1 Å². The van der Waals surface area contributed by atoms with Crippen molar-refractivity contribution in [3.63, 3.8) is 0 Å². The number of benzene rings is 1. The van der Waals surface area contributed by atoms with Crippen LogP contribution in [0.5, 0.6) is 0 Å². The van der Waals surface area contributed by atoms with Crippen LogP contribution in [0.2, 0.25) is 0 Å². The van der Waals surface area contributed by atoms with E-state index in [1.807, 2.05) is 6.07 Å². The largest absolute Gasteiger partial charge is 0.478 e. The highest BCUT2D eigenvalue weighted by molar-refractivity contribution is 7.80. The fourth-order valence-corrected chi connectivity index (χ4v) is 1.30. The van der Waals surface area contributed by atoms with Crippen molar-refractivity contribution in [2.75, 3.05) is 0 Å².